The molecule has 0 bridgehead atoms. The number of aromatic amines is 1. The zero-order chi connectivity index (χ0) is 16.5. The van der Waals surface area contributed by atoms with Crippen molar-refractivity contribution in [1.29, 1.82) is 0 Å². The van der Waals surface area contributed by atoms with E-state index >= 15 is 0 Å². The number of nitrogens with zero attached hydrogens (tertiary/aromatic N) is 1. The first-order chi connectivity index (χ1) is 11.7. The summed E-state index contributed by atoms with van der Waals surface area (Å²) in [4.78, 5) is 3.10. The summed E-state index contributed by atoms with van der Waals surface area (Å²) in [6.07, 6.45) is 1.90. The fraction of sp³-hybridized carbons (Fsp3) is 0. The Morgan fingerprint density at radius 1 is 0.917 bits per heavy atom. The third-order valence-electron chi connectivity index (χ3n) is 3.93. The Hall–Kier alpha value is -2.56. The number of anilines is 1. The van der Waals surface area contributed by atoms with E-state index < -0.39 is 0 Å². The van der Waals surface area contributed by atoms with Gasteiger partial charge in [0.15, 0.2) is 4.77 Å². The van der Waals surface area contributed by atoms with E-state index in [1.165, 1.54) is 10.8 Å². The monoisotopic (exact) mass is 351 g/mol. The van der Waals surface area contributed by atoms with Gasteiger partial charge in [0.25, 0.3) is 0 Å². The lowest BCUT2D eigenvalue weighted by molar-refractivity contribution is 0.943. The van der Waals surface area contributed by atoms with Crippen LogP contribution in [0.2, 0.25) is 5.02 Å². The minimum Gasteiger partial charge on any atom is -0.335 e. The number of para-hydroxylation sites is 1. The van der Waals surface area contributed by atoms with E-state index in [0.717, 1.165) is 16.9 Å². The fourth-order valence-corrected chi connectivity index (χ4v) is 3.09. The number of imidazole rings is 1. The maximum atomic E-state index is 6.25. The van der Waals surface area contributed by atoms with Crippen molar-refractivity contribution in [3.63, 3.8) is 0 Å². The predicted octanol–water partition coefficient (Wildman–Crippen LogP) is 5.89. The summed E-state index contributed by atoms with van der Waals surface area (Å²) in [5.74, 6) is 0. The first kappa shape index (κ1) is 15.0. The molecule has 4 rings (SSSR count). The number of halogens is 1. The SMILES string of the molecule is S=c1[nH]cc(-c2ccc3ccccc3c2)n1Nc1ccccc1Cl. The number of benzene rings is 3. The van der Waals surface area contributed by atoms with Crippen molar-refractivity contribution in [2.75, 3.05) is 5.43 Å². The van der Waals surface area contributed by atoms with Crippen molar-refractivity contribution in [2.45, 2.75) is 0 Å². The Bertz CT molecular complexity index is 1080. The number of aromatic nitrogens is 2. The van der Waals surface area contributed by atoms with E-state index in [0.29, 0.717) is 9.79 Å². The quantitative estimate of drug-likeness (QED) is 0.451. The Balaban J connectivity index is 1.81. The zero-order valence-electron chi connectivity index (χ0n) is 12.7. The van der Waals surface area contributed by atoms with E-state index in [2.05, 4.69) is 40.7 Å². The second-order valence-corrected chi connectivity index (χ2v) is 6.26. The lowest BCUT2D eigenvalue weighted by Gasteiger charge is -2.13. The maximum Gasteiger partial charge on any atom is 0.196 e. The highest BCUT2D eigenvalue weighted by Crippen LogP contribution is 2.26. The second kappa shape index (κ2) is 6.15. The summed E-state index contributed by atoms with van der Waals surface area (Å²) >= 11 is 11.7. The fourth-order valence-electron chi connectivity index (χ4n) is 2.71. The van der Waals surface area contributed by atoms with Crippen LogP contribution in [0.4, 0.5) is 5.69 Å². The molecule has 0 aliphatic heterocycles. The predicted molar refractivity (Wildman–Crippen MR) is 103 cm³/mol. The summed E-state index contributed by atoms with van der Waals surface area (Å²) in [7, 11) is 0. The van der Waals surface area contributed by atoms with Crippen molar-refractivity contribution in [1.82, 2.24) is 9.66 Å². The Morgan fingerprint density at radius 3 is 2.50 bits per heavy atom. The van der Waals surface area contributed by atoms with Crippen molar-refractivity contribution >= 4 is 40.3 Å². The second-order valence-electron chi connectivity index (χ2n) is 5.47. The van der Waals surface area contributed by atoms with Crippen LogP contribution in [0, 0.1) is 4.77 Å². The molecule has 0 radical (unpaired) electrons. The molecule has 0 unspecified atom stereocenters. The highest BCUT2D eigenvalue weighted by molar-refractivity contribution is 7.71. The van der Waals surface area contributed by atoms with Gasteiger partial charge in [-0.2, -0.15) is 0 Å². The van der Waals surface area contributed by atoms with Gasteiger partial charge in [0.2, 0.25) is 0 Å². The van der Waals surface area contributed by atoms with Crippen LogP contribution in [0.15, 0.2) is 72.9 Å². The summed E-state index contributed by atoms with van der Waals surface area (Å²) in [6.45, 7) is 0. The molecule has 0 spiro atoms. The third-order valence-corrected chi connectivity index (χ3v) is 4.56. The molecule has 24 heavy (non-hydrogen) atoms. The zero-order valence-corrected chi connectivity index (χ0v) is 14.2. The largest absolute Gasteiger partial charge is 0.335 e. The van der Waals surface area contributed by atoms with Crippen LogP contribution in [0.5, 0.6) is 0 Å². The first-order valence-electron chi connectivity index (χ1n) is 7.53. The average Bonchev–Trinajstić information content (AvgIpc) is 2.97. The van der Waals surface area contributed by atoms with Gasteiger partial charge in [-0.05, 0) is 41.2 Å². The van der Waals surface area contributed by atoms with Gasteiger partial charge >= 0.3 is 0 Å². The van der Waals surface area contributed by atoms with Crippen LogP contribution >= 0.6 is 23.8 Å². The van der Waals surface area contributed by atoms with Crippen molar-refractivity contribution in [2.24, 2.45) is 0 Å². The number of fused-ring (bicyclic) bond motifs is 1. The molecule has 118 valence electrons. The molecule has 5 heteroatoms. The van der Waals surface area contributed by atoms with Gasteiger partial charge in [-0.3, -0.25) is 5.43 Å². The van der Waals surface area contributed by atoms with Gasteiger partial charge in [-0.1, -0.05) is 60.1 Å². The molecule has 2 N–H and O–H groups in total. The first-order valence-corrected chi connectivity index (χ1v) is 8.32. The van der Waals surface area contributed by atoms with E-state index in [1.54, 1.807) is 0 Å². The smallest absolute Gasteiger partial charge is 0.196 e. The molecule has 1 aromatic heterocycles. The van der Waals surface area contributed by atoms with Gasteiger partial charge in [0.05, 0.1) is 16.4 Å². The van der Waals surface area contributed by atoms with E-state index in [9.17, 15) is 0 Å². The molecule has 4 aromatic rings. The van der Waals surface area contributed by atoms with Crippen molar-refractivity contribution in [3.05, 3.63) is 82.7 Å². The highest BCUT2D eigenvalue weighted by atomic mass is 35.5. The summed E-state index contributed by atoms with van der Waals surface area (Å²) in [5.41, 5.74) is 6.11. The lowest BCUT2D eigenvalue weighted by atomic mass is 10.1. The molecule has 1 heterocycles. The maximum absolute atomic E-state index is 6.25. The Kier molecular flexibility index (Phi) is 3.84. The van der Waals surface area contributed by atoms with Crippen LogP contribution < -0.4 is 5.43 Å². The molecular weight excluding hydrogens is 338 g/mol. The van der Waals surface area contributed by atoms with Gasteiger partial charge in [0, 0.05) is 11.8 Å². The minimum absolute atomic E-state index is 0.582. The lowest BCUT2D eigenvalue weighted by Crippen LogP contribution is -2.10. The topological polar surface area (TPSA) is 32.8 Å². The molecule has 3 aromatic carbocycles. The molecule has 0 saturated carbocycles. The average molecular weight is 352 g/mol. The molecule has 0 atom stereocenters. The summed E-state index contributed by atoms with van der Waals surface area (Å²) < 4.78 is 2.42. The molecule has 0 saturated heterocycles. The molecule has 0 fully saturated rings. The Labute approximate surface area is 149 Å². The van der Waals surface area contributed by atoms with E-state index in [-0.39, 0.29) is 0 Å². The van der Waals surface area contributed by atoms with Gasteiger partial charge in [-0.15, -0.1) is 0 Å². The number of H-pyrrole nitrogens is 1. The summed E-state index contributed by atoms with van der Waals surface area (Å²) in [6, 6.07) is 22.2. The van der Waals surface area contributed by atoms with Crippen LogP contribution in [0.1, 0.15) is 0 Å². The van der Waals surface area contributed by atoms with Gasteiger partial charge < -0.3 is 4.98 Å². The van der Waals surface area contributed by atoms with Crippen molar-refractivity contribution in [3.8, 4) is 11.3 Å². The van der Waals surface area contributed by atoms with Crippen LogP contribution in [-0.4, -0.2) is 9.66 Å². The standard InChI is InChI=1S/C19H14ClN3S/c20-16-7-3-4-8-17(16)22-23-18(12-21-19(23)24)15-10-9-13-5-1-2-6-14(13)11-15/h1-12,22H,(H,21,24). The normalized spacial score (nSPS) is 10.9. The number of hydrogen-bond acceptors (Lipinski definition) is 2. The third kappa shape index (κ3) is 2.70. The van der Waals surface area contributed by atoms with Crippen LogP contribution in [-0.2, 0) is 0 Å². The van der Waals surface area contributed by atoms with Gasteiger partial charge in [-0.25, -0.2) is 4.68 Å². The number of nitrogens with one attached hydrogen (secondary N) is 2. The Morgan fingerprint density at radius 2 is 1.67 bits per heavy atom. The van der Waals surface area contributed by atoms with E-state index in [1.807, 2.05) is 47.3 Å². The molecule has 0 aliphatic rings. The molecule has 0 aliphatic carbocycles. The van der Waals surface area contributed by atoms with Gasteiger partial charge in [0.1, 0.15) is 0 Å². The van der Waals surface area contributed by atoms with E-state index in [4.69, 9.17) is 23.8 Å². The molecule has 3 nitrogen and oxygen atoms in total. The van der Waals surface area contributed by atoms with Crippen molar-refractivity contribution < 1.29 is 0 Å². The van der Waals surface area contributed by atoms with Crippen LogP contribution in [0.25, 0.3) is 22.0 Å². The van der Waals surface area contributed by atoms with Crippen LogP contribution in [0.3, 0.4) is 0 Å². The number of hydrogen-bond donors (Lipinski definition) is 2. The summed E-state index contributed by atoms with van der Waals surface area (Å²) in [5, 5.41) is 3.04. The minimum atomic E-state index is 0.582. The highest BCUT2D eigenvalue weighted by Gasteiger charge is 2.09. The number of rotatable bonds is 3. The molecule has 0 amide bonds. The molecular formula is C19H14ClN3S.